The van der Waals surface area contributed by atoms with Gasteiger partial charge in [0.15, 0.2) is 5.65 Å². The number of rotatable bonds is 1. The average molecular weight is 218 g/mol. The van der Waals surface area contributed by atoms with Crippen molar-refractivity contribution in [1.82, 2.24) is 14.6 Å². The minimum Gasteiger partial charge on any atom is -0.346 e. The van der Waals surface area contributed by atoms with Gasteiger partial charge in [-0.3, -0.25) is 0 Å². The van der Waals surface area contributed by atoms with Crippen LogP contribution in [-0.2, 0) is 5.41 Å². The Morgan fingerprint density at radius 3 is 2.50 bits per heavy atom. The lowest BCUT2D eigenvalue weighted by molar-refractivity contribution is 0.591. The van der Waals surface area contributed by atoms with Crippen molar-refractivity contribution >= 4 is 11.6 Å². The third kappa shape index (κ3) is 1.75. The van der Waals surface area contributed by atoms with E-state index in [0.717, 1.165) is 11.6 Å². The topological polar surface area (TPSA) is 33.4 Å². The van der Waals surface area contributed by atoms with E-state index in [1.807, 2.05) is 35.8 Å². The van der Waals surface area contributed by atoms with Crippen LogP contribution in [0.3, 0.4) is 0 Å². The van der Waals surface area contributed by atoms with Crippen LogP contribution in [0.4, 0.5) is 5.95 Å². The summed E-state index contributed by atoms with van der Waals surface area (Å²) in [5, 5.41) is 4.42. The van der Waals surface area contributed by atoms with Gasteiger partial charge in [-0.2, -0.15) is 4.98 Å². The third-order valence-corrected chi connectivity index (χ3v) is 2.56. The maximum Gasteiger partial charge on any atom is 0.245 e. The van der Waals surface area contributed by atoms with Gasteiger partial charge in [0.05, 0.1) is 0 Å². The molecule has 0 spiro atoms. The van der Waals surface area contributed by atoms with Crippen LogP contribution < -0.4 is 4.90 Å². The third-order valence-electron chi connectivity index (χ3n) is 2.56. The van der Waals surface area contributed by atoms with E-state index in [9.17, 15) is 0 Å². The molecule has 0 N–H and O–H groups in total. The van der Waals surface area contributed by atoms with E-state index in [-0.39, 0.29) is 5.41 Å². The number of hydrogen-bond acceptors (Lipinski definition) is 3. The monoisotopic (exact) mass is 218 g/mol. The van der Waals surface area contributed by atoms with E-state index in [4.69, 9.17) is 0 Å². The molecule has 0 aliphatic heterocycles. The second kappa shape index (κ2) is 3.47. The highest BCUT2D eigenvalue weighted by Gasteiger charge is 2.19. The molecule has 2 heterocycles. The molecule has 0 saturated heterocycles. The Balaban J connectivity index is 2.68. The van der Waals surface area contributed by atoms with Crippen molar-refractivity contribution in [2.45, 2.75) is 26.2 Å². The second-order valence-corrected chi connectivity index (χ2v) is 5.25. The Labute approximate surface area is 95.9 Å². The summed E-state index contributed by atoms with van der Waals surface area (Å²) in [6.07, 6.45) is 1.94. The van der Waals surface area contributed by atoms with Crippen molar-refractivity contribution in [2.75, 3.05) is 19.0 Å². The summed E-state index contributed by atoms with van der Waals surface area (Å²) >= 11 is 0. The summed E-state index contributed by atoms with van der Waals surface area (Å²) in [5.74, 6) is 0.747. The van der Waals surface area contributed by atoms with Crippen molar-refractivity contribution < 1.29 is 0 Å². The predicted molar refractivity (Wildman–Crippen MR) is 66.0 cm³/mol. The number of fused-ring (bicyclic) bond motifs is 1. The minimum absolute atomic E-state index is 0.0825. The molecular weight excluding hydrogens is 200 g/mol. The van der Waals surface area contributed by atoms with Crippen LogP contribution in [0.15, 0.2) is 18.3 Å². The fourth-order valence-corrected chi connectivity index (χ4v) is 1.67. The maximum absolute atomic E-state index is 4.56. The van der Waals surface area contributed by atoms with Gasteiger partial charge in [-0.15, -0.1) is 5.10 Å². The molecule has 86 valence electrons. The zero-order chi connectivity index (χ0) is 11.9. The van der Waals surface area contributed by atoms with E-state index in [0.29, 0.717) is 0 Å². The molecule has 4 heteroatoms. The summed E-state index contributed by atoms with van der Waals surface area (Å²) in [5.41, 5.74) is 2.24. The van der Waals surface area contributed by atoms with Crippen LogP contribution in [0.25, 0.3) is 5.65 Å². The average Bonchev–Trinajstić information content (AvgIpc) is 2.58. The molecule has 0 aliphatic carbocycles. The van der Waals surface area contributed by atoms with Crippen LogP contribution in [0.5, 0.6) is 0 Å². The van der Waals surface area contributed by atoms with Crippen LogP contribution in [0.2, 0.25) is 0 Å². The molecule has 0 aliphatic rings. The highest BCUT2D eigenvalue weighted by atomic mass is 15.4. The van der Waals surface area contributed by atoms with E-state index < -0.39 is 0 Å². The van der Waals surface area contributed by atoms with E-state index in [1.54, 1.807) is 0 Å². The molecule has 0 aromatic carbocycles. The first-order valence-electron chi connectivity index (χ1n) is 5.43. The van der Waals surface area contributed by atoms with Crippen LogP contribution in [-0.4, -0.2) is 28.7 Å². The minimum atomic E-state index is 0.0825. The second-order valence-electron chi connectivity index (χ2n) is 5.25. The van der Waals surface area contributed by atoms with Gasteiger partial charge in [0, 0.05) is 25.9 Å². The van der Waals surface area contributed by atoms with Gasteiger partial charge in [-0.25, -0.2) is 4.52 Å². The molecule has 2 aromatic heterocycles. The highest BCUT2D eigenvalue weighted by molar-refractivity contribution is 5.53. The van der Waals surface area contributed by atoms with Gasteiger partial charge < -0.3 is 4.90 Å². The zero-order valence-electron chi connectivity index (χ0n) is 10.5. The molecule has 0 unspecified atom stereocenters. The Morgan fingerprint density at radius 2 is 1.94 bits per heavy atom. The molecular formula is C12H18N4. The van der Waals surface area contributed by atoms with E-state index in [1.165, 1.54) is 5.56 Å². The molecule has 2 rings (SSSR count). The Bertz CT molecular complexity index is 505. The Kier molecular flexibility index (Phi) is 2.37. The molecule has 0 fully saturated rings. The predicted octanol–water partition coefficient (Wildman–Crippen LogP) is 2.09. The lowest BCUT2D eigenvalue weighted by Crippen LogP contribution is -2.13. The maximum atomic E-state index is 4.56. The summed E-state index contributed by atoms with van der Waals surface area (Å²) in [4.78, 5) is 6.47. The fraction of sp³-hybridized carbons (Fsp3) is 0.500. The molecule has 0 amide bonds. The Morgan fingerprint density at radius 1 is 1.25 bits per heavy atom. The number of aromatic nitrogens is 3. The van der Waals surface area contributed by atoms with Gasteiger partial charge in [-0.05, 0) is 11.5 Å². The number of hydrogen-bond donors (Lipinski definition) is 0. The van der Waals surface area contributed by atoms with Gasteiger partial charge in [0.1, 0.15) is 0 Å². The zero-order valence-corrected chi connectivity index (χ0v) is 10.5. The van der Waals surface area contributed by atoms with Crippen LogP contribution in [0, 0.1) is 0 Å². The molecule has 4 nitrogen and oxygen atoms in total. The number of nitrogens with zero attached hydrogens (tertiary/aromatic N) is 4. The first-order valence-corrected chi connectivity index (χ1v) is 5.43. The molecule has 0 bridgehead atoms. The molecule has 0 atom stereocenters. The van der Waals surface area contributed by atoms with Crippen molar-refractivity contribution in [3.63, 3.8) is 0 Å². The van der Waals surface area contributed by atoms with Gasteiger partial charge >= 0.3 is 0 Å². The quantitative estimate of drug-likeness (QED) is 0.735. The van der Waals surface area contributed by atoms with Crippen LogP contribution in [0.1, 0.15) is 26.3 Å². The number of anilines is 1. The Hall–Kier alpha value is -1.58. The van der Waals surface area contributed by atoms with Crippen molar-refractivity contribution in [1.29, 1.82) is 0 Å². The first kappa shape index (κ1) is 10.9. The van der Waals surface area contributed by atoms with Crippen molar-refractivity contribution in [3.8, 4) is 0 Å². The van der Waals surface area contributed by atoms with Gasteiger partial charge in [0.25, 0.3) is 0 Å². The van der Waals surface area contributed by atoms with Crippen molar-refractivity contribution in [3.05, 3.63) is 23.9 Å². The number of pyridine rings is 1. The standard InChI is InChI=1S/C12H18N4/c1-12(2,3)9-7-6-8-16-10(9)13-11(14-16)15(4)5/h6-8H,1-5H3. The lowest BCUT2D eigenvalue weighted by Gasteiger charge is -2.18. The summed E-state index contributed by atoms with van der Waals surface area (Å²) in [6, 6.07) is 4.13. The molecule has 16 heavy (non-hydrogen) atoms. The van der Waals surface area contributed by atoms with Crippen molar-refractivity contribution in [2.24, 2.45) is 0 Å². The first-order chi connectivity index (χ1) is 7.39. The highest BCUT2D eigenvalue weighted by Crippen LogP contribution is 2.26. The normalized spacial score (nSPS) is 12.1. The fourth-order valence-electron chi connectivity index (χ4n) is 1.67. The van der Waals surface area contributed by atoms with Crippen LogP contribution >= 0.6 is 0 Å². The van der Waals surface area contributed by atoms with Gasteiger partial charge in [0.2, 0.25) is 5.95 Å². The summed E-state index contributed by atoms with van der Waals surface area (Å²) in [6.45, 7) is 6.56. The van der Waals surface area contributed by atoms with E-state index >= 15 is 0 Å². The molecule has 0 saturated carbocycles. The largest absolute Gasteiger partial charge is 0.346 e. The molecule has 0 radical (unpaired) electrons. The summed E-state index contributed by atoms with van der Waals surface area (Å²) in [7, 11) is 3.90. The SMILES string of the molecule is CN(C)c1nc2c(C(C)(C)C)cccn2n1. The smallest absolute Gasteiger partial charge is 0.245 e. The molecule has 2 aromatic rings. The van der Waals surface area contributed by atoms with E-state index in [2.05, 4.69) is 36.9 Å². The van der Waals surface area contributed by atoms with Gasteiger partial charge in [-0.1, -0.05) is 26.8 Å². The summed E-state index contributed by atoms with van der Waals surface area (Å²) < 4.78 is 1.84. The lowest BCUT2D eigenvalue weighted by atomic mass is 9.88.